The average molecular weight is 337 g/mol. The van der Waals surface area contributed by atoms with Gasteiger partial charge in [-0.3, -0.25) is 0 Å². The van der Waals surface area contributed by atoms with Gasteiger partial charge in [-0.15, -0.1) is 11.3 Å². The Labute approximate surface area is 139 Å². The first-order valence-corrected chi connectivity index (χ1v) is 8.69. The van der Waals surface area contributed by atoms with Crippen molar-refractivity contribution in [2.45, 2.75) is 40.0 Å². The number of nitrogens with one attached hydrogen (secondary N) is 1. The van der Waals surface area contributed by atoms with E-state index in [4.69, 9.17) is 9.84 Å². The molecule has 0 aliphatic rings. The second-order valence-corrected chi connectivity index (χ2v) is 6.29. The van der Waals surface area contributed by atoms with E-state index < -0.39 is 0 Å². The molecule has 2 N–H and O–H groups in total. The van der Waals surface area contributed by atoms with Crippen molar-refractivity contribution in [3.05, 3.63) is 16.3 Å². The van der Waals surface area contributed by atoms with Gasteiger partial charge in [0.1, 0.15) is 21.3 Å². The van der Waals surface area contributed by atoms with Crippen LogP contribution in [0.15, 0.2) is 0 Å². The highest BCUT2D eigenvalue weighted by Crippen LogP contribution is 2.34. The van der Waals surface area contributed by atoms with Crippen molar-refractivity contribution in [2.24, 2.45) is 0 Å². The highest BCUT2D eigenvalue weighted by molar-refractivity contribution is 7.20. The molecule has 0 amide bonds. The Bertz CT molecular complexity index is 685. The lowest BCUT2D eigenvalue weighted by atomic mass is 10.2. The molecule has 0 saturated heterocycles. The maximum atomic E-state index is 12.1. The number of aliphatic hydroxyl groups excluding tert-OH is 1. The number of carbonyl (C=O) groups excluding carboxylic acids is 1. The van der Waals surface area contributed by atoms with Crippen molar-refractivity contribution in [1.29, 1.82) is 0 Å². The normalized spacial score (nSPS) is 11.0. The fourth-order valence-corrected chi connectivity index (χ4v) is 3.51. The molecule has 6 nitrogen and oxygen atoms in total. The molecule has 0 aromatic carbocycles. The van der Waals surface area contributed by atoms with Crippen molar-refractivity contribution in [3.8, 4) is 0 Å². The molecule has 0 radical (unpaired) electrons. The van der Waals surface area contributed by atoms with Crippen LogP contribution >= 0.6 is 11.3 Å². The van der Waals surface area contributed by atoms with Gasteiger partial charge in [-0.05, 0) is 45.6 Å². The summed E-state index contributed by atoms with van der Waals surface area (Å²) in [6.07, 6.45) is 2.73. The van der Waals surface area contributed by atoms with Gasteiger partial charge in [0.05, 0.1) is 12.0 Å². The summed E-state index contributed by atoms with van der Waals surface area (Å²) >= 11 is 1.35. The van der Waals surface area contributed by atoms with Gasteiger partial charge in [-0.25, -0.2) is 14.8 Å². The van der Waals surface area contributed by atoms with Gasteiger partial charge in [-0.2, -0.15) is 0 Å². The van der Waals surface area contributed by atoms with Gasteiger partial charge < -0.3 is 15.2 Å². The van der Waals surface area contributed by atoms with Crippen LogP contribution < -0.4 is 5.32 Å². The lowest BCUT2D eigenvalue weighted by Gasteiger charge is -2.08. The molecule has 2 heterocycles. The summed E-state index contributed by atoms with van der Waals surface area (Å²) in [5.41, 5.74) is 0.862. The van der Waals surface area contributed by atoms with E-state index in [1.807, 2.05) is 13.8 Å². The van der Waals surface area contributed by atoms with E-state index in [2.05, 4.69) is 15.3 Å². The van der Waals surface area contributed by atoms with Crippen molar-refractivity contribution in [3.63, 3.8) is 0 Å². The number of nitrogens with zero attached hydrogens (tertiary/aromatic N) is 2. The third-order valence-corrected chi connectivity index (χ3v) is 4.66. The molecule has 0 bridgehead atoms. The second-order valence-electron chi connectivity index (χ2n) is 5.29. The fourth-order valence-electron chi connectivity index (χ4n) is 2.39. The number of aryl methyl sites for hydroxylation is 2. The molecule has 0 saturated carbocycles. The van der Waals surface area contributed by atoms with Crippen LogP contribution in [0.5, 0.6) is 0 Å². The van der Waals surface area contributed by atoms with E-state index in [-0.39, 0.29) is 12.6 Å². The van der Waals surface area contributed by atoms with Gasteiger partial charge >= 0.3 is 5.97 Å². The zero-order valence-corrected chi connectivity index (χ0v) is 14.6. The molecule has 0 aliphatic carbocycles. The number of esters is 1. The van der Waals surface area contributed by atoms with Crippen molar-refractivity contribution < 1.29 is 14.6 Å². The maximum Gasteiger partial charge on any atom is 0.348 e. The molecule has 2 aromatic rings. The maximum absolute atomic E-state index is 12.1. The van der Waals surface area contributed by atoms with E-state index in [0.717, 1.165) is 47.4 Å². The number of ether oxygens (including phenoxy) is 1. The van der Waals surface area contributed by atoms with Gasteiger partial charge in [0.15, 0.2) is 0 Å². The highest BCUT2D eigenvalue weighted by atomic mass is 32.1. The van der Waals surface area contributed by atoms with E-state index in [0.29, 0.717) is 17.3 Å². The van der Waals surface area contributed by atoms with Crippen LogP contribution in [0.2, 0.25) is 0 Å². The summed E-state index contributed by atoms with van der Waals surface area (Å²) in [7, 11) is 0. The smallest absolute Gasteiger partial charge is 0.348 e. The topological polar surface area (TPSA) is 84.3 Å². The molecule has 0 spiro atoms. The third kappa shape index (κ3) is 4.17. The van der Waals surface area contributed by atoms with Crippen molar-refractivity contribution >= 4 is 33.3 Å². The first kappa shape index (κ1) is 17.6. The van der Waals surface area contributed by atoms with Crippen LogP contribution in [-0.4, -0.2) is 40.8 Å². The summed E-state index contributed by atoms with van der Waals surface area (Å²) in [4.78, 5) is 22.4. The minimum absolute atomic E-state index is 0.226. The van der Waals surface area contributed by atoms with Crippen molar-refractivity contribution in [1.82, 2.24) is 9.97 Å². The molecule has 7 heteroatoms. The van der Waals surface area contributed by atoms with E-state index >= 15 is 0 Å². The predicted molar refractivity (Wildman–Crippen MR) is 92.3 cm³/mol. The molecule has 0 fully saturated rings. The zero-order valence-electron chi connectivity index (χ0n) is 13.8. The number of unbranched alkanes of at least 4 members (excludes halogenated alkanes) is 2. The van der Waals surface area contributed by atoms with Gasteiger partial charge in [-0.1, -0.05) is 0 Å². The van der Waals surface area contributed by atoms with E-state index in [1.165, 1.54) is 11.3 Å². The summed E-state index contributed by atoms with van der Waals surface area (Å²) in [5, 5.41) is 13.0. The van der Waals surface area contributed by atoms with Gasteiger partial charge in [0.2, 0.25) is 0 Å². The quantitative estimate of drug-likeness (QED) is 0.569. The monoisotopic (exact) mass is 337 g/mol. The molecule has 0 aliphatic heterocycles. The molecule has 2 rings (SSSR count). The third-order valence-electron chi connectivity index (χ3n) is 3.49. The number of thiophene rings is 1. The number of rotatable bonds is 8. The highest BCUT2D eigenvalue weighted by Gasteiger charge is 2.20. The van der Waals surface area contributed by atoms with Crippen LogP contribution in [0.25, 0.3) is 10.2 Å². The Balaban J connectivity index is 2.27. The summed E-state index contributed by atoms with van der Waals surface area (Å²) in [6.45, 7) is 6.90. The number of hydrogen-bond acceptors (Lipinski definition) is 7. The standard InChI is InChI=1S/C16H23N3O3S/c1-4-22-16(21)13-10(2)12-14(17-8-6-5-7-9-20)18-11(3)19-15(12)23-13/h20H,4-9H2,1-3H3,(H,17,18,19). The lowest BCUT2D eigenvalue weighted by molar-refractivity contribution is 0.0531. The molecule has 0 unspecified atom stereocenters. The van der Waals surface area contributed by atoms with E-state index in [1.54, 1.807) is 6.92 Å². The second kappa shape index (κ2) is 8.21. The lowest BCUT2D eigenvalue weighted by Crippen LogP contribution is -2.06. The van der Waals surface area contributed by atoms with E-state index in [9.17, 15) is 4.79 Å². The average Bonchev–Trinajstić information content (AvgIpc) is 2.84. The largest absolute Gasteiger partial charge is 0.462 e. The summed E-state index contributed by atoms with van der Waals surface area (Å²) in [5.74, 6) is 1.13. The van der Waals surface area contributed by atoms with Crippen molar-refractivity contribution in [2.75, 3.05) is 25.1 Å². The van der Waals surface area contributed by atoms with Crippen LogP contribution in [-0.2, 0) is 4.74 Å². The van der Waals surface area contributed by atoms with Crippen LogP contribution in [0.3, 0.4) is 0 Å². The summed E-state index contributed by atoms with van der Waals surface area (Å²) < 4.78 is 5.11. The molecule has 126 valence electrons. The van der Waals surface area contributed by atoms with Gasteiger partial charge in [0.25, 0.3) is 0 Å². The Morgan fingerprint density at radius 1 is 1.26 bits per heavy atom. The Morgan fingerprint density at radius 3 is 2.74 bits per heavy atom. The van der Waals surface area contributed by atoms with Gasteiger partial charge in [0, 0.05) is 13.2 Å². The zero-order chi connectivity index (χ0) is 16.8. The Kier molecular flexibility index (Phi) is 6.29. The minimum atomic E-state index is -0.306. The predicted octanol–water partition coefficient (Wildman–Crippen LogP) is 3.06. The molecule has 0 atom stereocenters. The minimum Gasteiger partial charge on any atom is -0.462 e. The van der Waals surface area contributed by atoms with Crippen LogP contribution in [0.4, 0.5) is 5.82 Å². The summed E-state index contributed by atoms with van der Waals surface area (Å²) in [6, 6.07) is 0. The molecular weight excluding hydrogens is 314 g/mol. The Morgan fingerprint density at radius 2 is 2.04 bits per heavy atom. The molecule has 2 aromatic heterocycles. The molecule has 23 heavy (non-hydrogen) atoms. The first-order valence-electron chi connectivity index (χ1n) is 7.88. The molecular formula is C16H23N3O3S. The number of carbonyl (C=O) groups is 1. The SMILES string of the molecule is CCOC(=O)c1sc2nc(C)nc(NCCCCCO)c2c1C. The number of aromatic nitrogens is 2. The number of fused-ring (bicyclic) bond motifs is 1. The Hall–Kier alpha value is -1.73. The number of anilines is 1. The first-order chi connectivity index (χ1) is 11.1. The van der Waals surface area contributed by atoms with Crippen LogP contribution in [0, 0.1) is 13.8 Å². The number of hydrogen-bond donors (Lipinski definition) is 2. The van der Waals surface area contributed by atoms with Crippen LogP contribution in [0.1, 0.15) is 47.2 Å². The fraction of sp³-hybridized carbons (Fsp3) is 0.562. The number of aliphatic hydroxyl groups is 1.